The van der Waals surface area contributed by atoms with Gasteiger partial charge < -0.3 is 9.80 Å². The van der Waals surface area contributed by atoms with Gasteiger partial charge in [0.15, 0.2) is 0 Å². The molecule has 0 aliphatic carbocycles. The van der Waals surface area contributed by atoms with Crippen molar-refractivity contribution < 1.29 is 0 Å². The van der Waals surface area contributed by atoms with Gasteiger partial charge in [-0.15, -0.1) is 0 Å². The maximum Gasteiger partial charge on any atom is 0.0694 e. The Kier molecular flexibility index (Phi) is 6.17. The fourth-order valence-corrected chi connectivity index (χ4v) is 4.13. The summed E-state index contributed by atoms with van der Waals surface area (Å²) in [5.41, 5.74) is 6.14. The van der Waals surface area contributed by atoms with E-state index in [1.54, 1.807) is 0 Å². The number of allylic oxidation sites excluding steroid dienone is 1. The van der Waals surface area contributed by atoms with E-state index in [0.717, 1.165) is 56.8 Å². The number of pyridine rings is 1. The Morgan fingerprint density at radius 2 is 1.89 bits per heavy atom. The van der Waals surface area contributed by atoms with E-state index in [1.165, 1.54) is 29.8 Å². The molecule has 2 aliphatic heterocycles. The van der Waals surface area contributed by atoms with Gasteiger partial charge in [0.05, 0.1) is 5.71 Å². The summed E-state index contributed by atoms with van der Waals surface area (Å²) in [5.74, 6) is 0. The van der Waals surface area contributed by atoms with Crippen molar-refractivity contribution in [2.75, 3.05) is 44.2 Å². The van der Waals surface area contributed by atoms with Crippen molar-refractivity contribution in [2.24, 2.45) is 4.99 Å². The van der Waals surface area contributed by atoms with E-state index in [2.05, 4.69) is 58.1 Å². The number of hydrogen-bond acceptors (Lipinski definition) is 4. The maximum absolute atomic E-state index is 4.79. The molecule has 0 unspecified atom stereocenters. The molecule has 4 nitrogen and oxygen atoms in total. The number of aromatic nitrogens is 1. The van der Waals surface area contributed by atoms with E-state index in [0.29, 0.717) is 0 Å². The zero-order valence-corrected chi connectivity index (χ0v) is 16.8. The van der Waals surface area contributed by atoms with Crippen LogP contribution in [0.4, 0.5) is 5.69 Å². The Labute approximate surface area is 168 Å². The Balaban J connectivity index is 1.50. The molecule has 0 radical (unpaired) electrons. The van der Waals surface area contributed by atoms with Crippen LogP contribution < -0.4 is 4.90 Å². The molecule has 146 valence electrons. The van der Waals surface area contributed by atoms with Crippen LogP contribution in [0.2, 0.25) is 0 Å². The molecule has 1 saturated heterocycles. The number of anilines is 1. The number of hydrogen-bond donors (Lipinski definition) is 0. The van der Waals surface area contributed by atoms with Gasteiger partial charge in [-0.1, -0.05) is 19.1 Å². The van der Waals surface area contributed by atoms with Crippen molar-refractivity contribution in [3.63, 3.8) is 0 Å². The van der Waals surface area contributed by atoms with Gasteiger partial charge in [-0.05, 0) is 73.8 Å². The molecule has 0 atom stereocenters. The van der Waals surface area contributed by atoms with E-state index in [4.69, 9.17) is 4.99 Å². The number of rotatable bonds is 4. The highest BCUT2D eigenvalue weighted by molar-refractivity contribution is 6.15. The van der Waals surface area contributed by atoms with Crippen molar-refractivity contribution in [2.45, 2.75) is 26.2 Å². The highest BCUT2D eigenvalue weighted by Crippen LogP contribution is 2.24. The molecule has 1 aromatic carbocycles. The minimum absolute atomic E-state index is 0.907. The van der Waals surface area contributed by atoms with Crippen LogP contribution in [-0.2, 0) is 0 Å². The molecule has 4 rings (SSSR count). The Hall–Kier alpha value is -2.46. The molecule has 3 heterocycles. The average molecular weight is 375 g/mol. The second-order valence-electron chi connectivity index (χ2n) is 7.61. The predicted octanol–water partition coefficient (Wildman–Crippen LogP) is 4.28. The normalized spacial score (nSPS) is 20.1. The zero-order valence-electron chi connectivity index (χ0n) is 16.8. The summed E-state index contributed by atoms with van der Waals surface area (Å²) in [6.07, 6.45) is 9.47. The third-order valence-corrected chi connectivity index (χ3v) is 5.75. The molecule has 0 bridgehead atoms. The number of aliphatic imine (C=N–C) groups is 1. The van der Waals surface area contributed by atoms with Gasteiger partial charge in [-0.25, -0.2) is 0 Å². The number of likely N-dealkylation sites (N-methyl/N-ethyl adjacent to an activating group) is 1. The summed E-state index contributed by atoms with van der Waals surface area (Å²) in [4.78, 5) is 14.1. The lowest BCUT2D eigenvalue weighted by molar-refractivity contribution is 0.310. The standard InChI is InChI=1S/C24H30N4/c1-2-27-14-5-15-28(17-16-27)23-10-8-20(9-11-23)18-21-6-4-13-26-24(21)22-7-3-12-25-19-22/h3,7-12,18-19H,2,4-6,13-17H2,1H3/b21-18+. The summed E-state index contributed by atoms with van der Waals surface area (Å²) in [7, 11) is 0. The van der Waals surface area contributed by atoms with Crippen molar-refractivity contribution >= 4 is 17.5 Å². The first-order valence-corrected chi connectivity index (χ1v) is 10.6. The number of nitrogens with zero attached hydrogens (tertiary/aromatic N) is 4. The van der Waals surface area contributed by atoms with Gasteiger partial charge in [0, 0.05) is 49.8 Å². The van der Waals surface area contributed by atoms with Crippen LogP contribution in [0.25, 0.3) is 6.08 Å². The molecule has 1 aromatic heterocycles. The summed E-state index contributed by atoms with van der Waals surface area (Å²) in [5, 5.41) is 0. The van der Waals surface area contributed by atoms with Gasteiger partial charge in [-0.2, -0.15) is 0 Å². The molecular weight excluding hydrogens is 344 g/mol. The first kappa shape index (κ1) is 18.9. The van der Waals surface area contributed by atoms with Gasteiger partial charge in [0.2, 0.25) is 0 Å². The fourth-order valence-electron chi connectivity index (χ4n) is 4.13. The molecule has 28 heavy (non-hydrogen) atoms. The van der Waals surface area contributed by atoms with E-state index in [1.807, 2.05) is 18.5 Å². The molecule has 0 amide bonds. The van der Waals surface area contributed by atoms with E-state index in [9.17, 15) is 0 Å². The molecule has 2 aliphatic rings. The highest BCUT2D eigenvalue weighted by Gasteiger charge is 2.15. The minimum Gasteiger partial charge on any atom is -0.370 e. The lowest BCUT2D eigenvalue weighted by Crippen LogP contribution is -2.30. The largest absolute Gasteiger partial charge is 0.370 e. The second-order valence-corrected chi connectivity index (χ2v) is 7.61. The quantitative estimate of drug-likeness (QED) is 0.800. The average Bonchev–Trinajstić information content (AvgIpc) is 3.01. The molecule has 0 spiro atoms. The van der Waals surface area contributed by atoms with Crippen LogP contribution >= 0.6 is 0 Å². The van der Waals surface area contributed by atoms with E-state index in [-0.39, 0.29) is 0 Å². The topological polar surface area (TPSA) is 31.7 Å². The van der Waals surface area contributed by atoms with Crippen LogP contribution in [0.15, 0.2) is 59.4 Å². The molecule has 2 aromatic rings. The van der Waals surface area contributed by atoms with Crippen molar-refractivity contribution in [1.82, 2.24) is 9.88 Å². The van der Waals surface area contributed by atoms with Crippen LogP contribution in [-0.4, -0.2) is 54.9 Å². The summed E-state index contributed by atoms with van der Waals surface area (Å²) in [6, 6.07) is 13.1. The van der Waals surface area contributed by atoms with Crippen molar-refractivity contribution in [1.29, 1.82) is 0 Å². The first-order chi connectivity index (χ1) is 13.8. The zero-order chi connectivity index (χ0) is 19.2. The van der Waals surface area contributed by atoms with Crippen LogP contribution in [0.1, 0.15) is 37.3 Å². The smallest absolute Gasteiger partial charge is 0.0694 e. The predicted molar refractivity (Wildman–Crippen MR) is 118 cm³/mol. The van der Waals surface area contributed by atoms with E-state index < -0.39 is 0 Å². The third kappa shape index (κ3) is 4.50. The van der Waals surface area contributed by atoms with E-state index >= 15 is 0 Å². The Bertz CT molecular complexity index is 823. The summed E-state index contributed by atoms with van der Waals surface area (Å²) in [6.45, 7) is 8.96. The van der Waals surface area contributed by atoms with Crippen LogP contribution in [0.3, 0.4) is 0 Å². The monoisotopic (exact) mass is 374 g/mol. The highest BCUT2D eigenvalue weighted by atomic mass is 15.2. The summed E-state index contributed by atoms with van der Waals surface area (Å²) < 4.78 is 0. The first-order valence-electron chi connectivity index (χ1n) is 10.6. The van der Waals surface area contributed by atoms with Gasteiger partial charge in [0.25, 0.3) is 0 Å². The van der Waals surface area contributed by atoms with Crippen molar-refractivity contribution in [3.8, 4) is 0 Å². The fraction of sp³-hybridized carbons (Fsp3) is 0.417. The minimum atomic E-state index is 0.907. The number of benzene rings is 1. The second kappa shape index (κ2) is 9.16. The van der Waals surface area contributed by atoms with Crippen molar-refractivity contribution in [3.05, 3.63) is 65.5 Å². The lowest BCUT2D eigenvalue weighted by atomic mass is 9.95. The van der Waals surface area contributed by atoms with Gasteiger partial charge in [0.1, 0.15) is 0 Å². The molecule has 0 N–H and O–H groups in total. The summed E-state index contributed by atoms with van der Waals surface area (Å²) >= 11 is 0. The maximum atomic E-state index is 4.79. The Morgan fingerprint density at radius 1 is 1.00 bits per heavy atom. The molecular formula is C24H30N4. The lowest BCUT2D eigenvalue weighted by Gasteiger charge is -2.23. The molecule has 1 fully saturated rings. The van der Waals surface area contributed by atoms with Gasteiger partial charge >= 0.3 is 0 Å². The van der Waals surface area contributed by atoms with Crippen LogP contribution in [0, 0.1) is 0 Å². The SMILES string of the molecule is CCN1CCCN(c2ccc(/C=C3\CCCN=C3c3cccnc3)cc2)CC1. The third-order valence-electron chi connectivity index (χ3n) is 5.75. The molecule has 0 saturated carbocycles. The van der Waals surface area contributed by atoms with Gasteiger partial charge in [-0.3, -0.25) is 9.98 Å². The van der Waals surface area contributed by atoms with Crippen LogP contribution in [0.5, 0.6) is 0 Å². The molecule has 4 heteroatoms. The Morgan fingerprint density at radius 3 is 2.68 bits per heavy atom.